The van der Waals surface area contributed by atoms with Crippen molar-refractivity contribution in [2.75, 3.05) is 5.32 Å². The van der Waals surface area contributed by atoms with Crippen LogP contribution in [0.25, 0.3) is 0 Å². The fourth-order valence-corrected chi connectivity index (χ4v) is 3.42. The third kappa shape index (κ3) is 6.17. The number of thiazole rings is 1. The van der Waals surface area contributed by atoms with Crippen LogP contribution in [0.3, 0.4) is 0 Å². The molecule has 1 N–H and O–H groups in total. The SMILES string of the molecule is O=C(Cn1cnnn1)Nc1ccccc1C(=O)OCc1csc(COc2ccc(F)cc2)n1. The van der Waals surface area contributed by atoms with Crippen molar-refractivity contribution < 1.29 is 23.5 Å². The lowest BCUT2D eigenvalue weighted by molar-refractivity contribution is -0.116. The molecule has 0 aliphatic carbocycles. The van der Waals surface area contributed by atoms with Crippen molar-refractivity contribution in [1.29, 1.82) is 0 Å². The molecule has 0 spiro atoms. The minimum atomic E-state index is -0.606. The number of ether oxygens (including phenoxy) is 2. The molecule has 2 aromatic heterocycles. The maximum absolute atomic E-state index is 13.0. The summed E-state index contributed by atoms with van der Waals surface area (Å²) in [5, 5.41) is 15.7. The maximum atomic E-state index is 13.0. The van der Waals surface area contributed by atoms with Crippen molar-refractivity contribution in [2.24, 2.45) is 0 Å². The Kier molecular flexibility index (Phi) is 6.95. The number of carbonyl (C=O) groups is 2. The smallest absolute Gasteiger partial charge is 0.340 e. The third-order valence-electron chi connectivity index (χ3n) is 4.24. The van der Waals surface area contributed by atoms with Crippen LogP contribution in [0.2, 0.25) is 0 Å². The Morgan fingerprint density at radius 3 is 2.70 bits per heavy atom. The predicted molar refractivity (Wildman–Crippen MR) is 115 cm³/mol. The molecule has 1 amide bonds. The van der Waals surface area contributed by atoms with Crippen LogP contribution in [0.1, 0.15) is 21.1 Å². The van der Waals surface area contributed by atoms with Crippen molar-refractivity contribution in [2.45, 2.75) is 19.8 Å². The van der Waals surface area contributed by atoms with Gasteiger partial charge >= 0.3 is 5.97 Å². The van der Waals surface area contributed by atoms with E-state index in [2.05, 4.69) is 25.8 Å². The summed E-state index contributed by atoms with van der Waals surface area (Å²) in [7, 11) is 0. The van der Waals surface area contributed by atoms with E-state index in [1.807, 2.05) is 0 Å². The lowest BCUT2D eigenvalue weighted by atomic mass is 10.2. The molecule has 0 radical (unpaired) electrons. The molecule has 0 aliphatic heterocycles. The molecule has 168 valence electrons. The Morgan fingerprint density at radius 1 is 1.09 bits per heavy atom. The van der Waals surface area contributed by atoms with Gasteiger partial charge in [0, 0.05) is 5.38 Å². The number of aromatic nitrogens is 5. The summed E-state index contributed by atoms with van der Waals surface area (Å²) in [5.41, 5.74) is 1.08. The number of tetrazole rings is 1. The van der Waals surface area contributed by atoms with Crippen LogP contribution in [0.4, 0.5) is 10.1 Å². The van der Waals surface area contributed by atoms with Crippen LogP contribution in [0, 0.1) is 5.82 Å². The number of benzene rings is 2. The lowest BCUT2D eigenvalue weighted by Gasteiger charge is -2.10. The Morgan fingerprint density at radius 2 is 1.91 bits per heavy atom. The number of halogens is 1. The normalized spacial score (nSPS) is 10.6. The number of amides is 1. The highest BCUT2D eigenvalue weighted by atomic mass is 32.1. The summed E-state index contributed by atoms with van der Waals surface area (Å²) in [6.07, 6.45) is 1.31. The van der Waals surface area contributed by atoms with Gasteiger partial charge in [-0.05, 0) is 46.8 Å². The lowest BCUT2D eigenvalue weighted by Crippen LogP contribution is -2.21. The van der Waals surface area contributed by atoms with Gasteiger partial charge in [-0.2, -0.15) is 0 Å². The van der Waals surface area contributed by atoms with Crippen LogP contribution in [-0.2, 0) is 29.3 Å². The van der Waals surface area contributed by atoms with Gasteiger partial charge in [-0.3, -0.25) is 4.79 Å². The van der Waals surface area contributed by atoms with Gasteiger partial charge in [0.05, 0.1) is 16.9 Å². The van der Waals surface area contributed by atoms with Gasteiger partial charge in [0.1, 0.15) is 42.7 Å². The topological polar surface area (TPSA) is 121 Å². The summed E-state index contributed by atoms with van der Waals surface area (Å²) in [6, 6.07) is 12.2. The number of rotatable bonds is 9. The van der Waals surface area contributed by atoms with E-state index in [0.717, 1.165) is 0 Å². The van der Waals surface area contributed by atoms with E-state index in [-0.39, 0.29) is 31.1 Å². The molecular formula is C21H17FN6O4S. The Labute approximate surface area is 191 Å². The van der Waals surface area contributed by atoms with E-state index in [1.54, 1.807) is 29.6 Å². The second-order valence-electron chi connectivity index (χ2n) is 6.65. The van der Waals surface area contributed by atoms with Gasteiger partial charge in [0.25, 0.3) is 0 Å². The third-order valence-corrected chi connectivity index (χ3v) is 5.12. The fourth-order valence-electron chi connectivity index (χ4n) is 2.73. The summed E-state index contributed by atoms with van der Waals surface area (Å²) >= 11 is 1.36. The molecule has 4 rings (SSSR count). The molecule has 12 heteroatoms. The minimum absolute atomic E-state index is 0.0429. The van der Waals surface area contributed by atoms with E-state index in [4.69, 9.17) is 9.47 Å². The highest BCUT2D eigenvalue weighted by Gasteiger charge is 2.16. The minimum Gasteiger partial charge on any atom is -0.486 e. The zero-order valence-electron chi connectivity index (χ0n) is 17.1. The van der Waals surface area contributed by atoms with Crippen molar-refractivity contribution >= 4 is 28.9 Å². The molecule has 2 heterocycles. The quantitative estimate of drug-likeness (QED) is 0.372. The molecule has 4 aromatic rings. The second kappa shape index (κ2) is 10.4. The first-order valence-electron chi connectivity index (χ1n) is 9.65. The summed E-state index contributed by atoms with van der Waals surface area (Å²) < 4.78 is 25.1. The molecule has 2 aromatic carbocycles. The molecule has 10 nitrogen and oxygen atoms in total. The van der Waals surface area contributed by atoms with E-state index in [1.165, 1.54) is 46.6 Å². The molecule has 0 aliphatic rings. The van der Waals surface area contributed by atoms with Crippen LogP contribution in [0.5, 0.6) is 5.75 Å². The highest BCUT2D eigenvalue weighted by Crippen LogP contribution is 2.19. The number of hydrogen-bond acceptors (Lipinski definition) is 9. The van der Waals surface area contributed by atoms with Gasteiger partial charge in [0.15, 0.2) is 0 Å². The van der Waals surface area contributed by atoms with Gasteiger partial charge in [-0.15, -0.1) is 16.4 Å². The predicted octanol–water partition coefficient (Wildman–Crippen LogP) is 2.84. The van der Waals surface area contributed by atoms with Crippen LogP contribution in [0.15, 0.2) is 60.2 Å². The summed E-state index contributed by atoms with van der Waals surface area (Å²) in [5.74, 6) is -0.814. The number of nitrogens with one attached hydrogen (secondary N) is 1. The van der Waals surface area contributed by atoms with Gasteiger partial charge in [-0.1, -0.05) is 12.1 Å². The summed E-state index contributed by atoms with van der Waals surface area (Å²) in [6.45, 7) is 0.0666. The average molecular weight is 468 g/mol. The maximum Gasteiger partial charge on any atom is 0.340 e. The first-order valence-corrected chi connectivity index (χ1v) is 10.5. The molecule has 0 saturated carbocycles. The number of carbonyl (C=O) groups excluding carboxylic acids is 2. The standard InChI is InChI=1S/C21H17FN6O4S/c22-14-5-7-16(8-6-14)31-11-20-24-15(12-33-20)10-32-21(30)17-3-1-2-4-18(17)25-19(29)9-28-13-23-26-27-28/h1-8,12-13H,9-11H2,(H,25,29). The fraction of sp³-hybridized carbons (Fsp3) is 0.143. The molecule has 0 atom stereocenters. The van der Waals surface area contributed by atoms with Crippen molar-refractivity contribution in [3.05, 3.63) is 82.3 Å². The van der Waals surface area contributed by atoms with Crippen LogP contribution in [-0.4, -0.2) is 37.1 Å². The van der Waals surface area contributed by atoms with E-state index in [9.17, 15) is 14.0 Å². The second-order valence-corrected chi connectivity index (χ2v) is 7.60. The van der Waals surface area contributed by atoms with Crippen molar-refractivity contribution in [1.82, 2.24) is 25.2 Å². The number of nitrogens with zero attached hydrogens (tertiary/aromatic N) is 5. The molecular weight excluding hydrogens is 451 g/mol. The van der Waals surface area contributed by atoms with Gasteiger partial charge in [-0.25, -0.2) is 18.9 Å². The summed E-state index contributed by atoms with van der Waals surface area (Å²) in [4.78, 5) is 29.2. The number of anilines is 1. The van der Waals surface area contributed by atoms with Gasteiger partial charge in [0.2, 0.25) is 5.91 Å². The number of esters is 1. The van der Waals surface area contributed by atoms with E-state index >= 15 is 0 Å². The average Bonchev–Trinajstić information content (AvgIpc) is 3.49. The van der Waals surface area contributed by atoms with E-state index in [0.29, 0.717) is 22.1 Å². The zero-order chi connectivity index (χ0) is 23.0. The molecule has 0 bridgehead atoms. The molecule has 0 unspecified atom stereocenters. The monoisotopic (exact) mass is 468 g/mol. The first kappa shape index (κ1) is 22.0. The molecule has 33 heavy (non-hydrogen) atoms. The largest absolute Gasteiger partial charge is 0.486 e. The number of para-hydroxylation sites is 1. The number of hydrogen-bond donors (Lipinski definition) is 1. The Balaban J connectivity index is 1.31. The molecule has 0 fully saturated rings. The highest BCUT2D eigenvalue weighted by molar-refractivity contribution is 7.09. The molecule has 0 saturated heterocycles. The Hall–Kier alpha value is -4.19. The first-order chi connectivity index (χ1) is 16.1. The van der Waals surface area contributed by atoms with Crippen molar-refractivity contribution in [3.63, 3.8) is 0 Å². The van der Waals surface area contributed by atoms with E-state index < -0.39 is 11.9 Å². The van der Waals surface area contributed by atoms with Crippen molar-refractivity contribution in [3.8, 4) is 5.75 Å². The van der Waals surface area contributed by atoms with Gasteiger partial charge < -0.3 is 14.8 Å². The van der Waals surface area contributed by atoms with Crippen LogP contribution < -0.4 is 10.1 Å². The zero-order valence-corrected chi connectivity index (χ0v) is 17.9. The Bertz CT molecular complexity index is 1230. The van der Waals surface area contributed by atoms with Crippen LogP contribution >= 0.6 is 11.3 Å².